The first-order valence-electron chi connectivity index (χ1n) is 8.96. The predicted octanol–water partition coefficient (Wildman–Crippen LogP) is 4.27. The average molecular weight is 433 g/mol. The number of amides is 1. The molecule has 0 aliphatic heterocycles. The van der Waals surface area contributed by atoms with Crippen molar-refractivity contribution in [3.63, 3.8) is 0 Å². The van der Waals surface area contributed by atoms with E-state index in [1.54, 1.807) is 31.4 Å². The Hall–Kier alpha value is -2.71. The van der Waals surface area contributed by atoms with Crippen molar-refractivity contribution in [3.05, 3.63) is 59.4 Å². The molecule has 0 unspecified atom stereocenters. The molecule has 29 heavy (non-hydrogen) atoms. The highest BCUT2D eigenvalue weighted by atomic mass is 35.5. The number of nitrogens with zero attached hydrogens (tertiary/aromatic N) is 3. The van der Waals surface area contributed by atoms with Crippen LogP contribution in [0.1, 0.15) is 12.7 Å². The Labute approximate surface area is 178 Å². The molecule has 7 nitrogen and oxygen atoms in total. The minimum absolute atomic E-state index is 0.130. The van der Waals surface area contributed by atoms with Gasteiger partial charge in [0.25, 0.3) is 0 Å². The predicted molar refractivity (Wildman–Crippen MR) is 114 cm³/mol. The van der Waals surface area contributed by atoms with Crippen LogP contribution >= 0.6 is 23.4 Å². The van der Waals surface area contributed by atoms with Gasteiger partial charge in [-0.1, -0.05) is 35.5 Å². The van der Waals surface area contributed by atoms with Gasteiger partial charge in [0.2, 0.25) is 5.91 Å². The molecule has 3 aromatic rings. The van der Waals surface area contributed by atoms with E-state index >= 15 is 0 Å². The molecule has 3 rings (SSSR count). The summed E-state index contributed by atoms with van der Waals surface area (Å²) in [6, 6.07) is 14.4. The van der Waals surface area contributed by atoms with Crippen LogP contribution in [0.25, 0.3) is 0 Å². The van der Waals surface area contributed by atoms with Gasteiger partial charge in [-0.3, -0.25) is 4.79 Å². The van der Waals surface area contributed by atoms with Gasteiger partial charge in [-0.05, 0) is 43.3 Å². The summed E-state index contributed by atoms with van der Waals surface area (Å²) in [6.45, 7) is 2.91. The molecule has 0 bridgehead atoms. The number of thioether (sulfide) groups is 1. The third-order valence-electron chi connectivity index (χ3n) is 4.00. The van der Waals surface area contributed by atoms with Gasteiger partial charge >= 0.3 is 0 Å². The van der Waals surface area contributed by atoms with Crippen LogP contribution in [-0.4, -0.2) is 33.5 Å². The molecule has 0 saturated carbocycles. The molecule has 0 aliphatic rings. The van der Waals surface area contributed by atoms with Crippen molar-refractivity contribution >= 4 is 35.0 Å². The molecule has 1 heterocycles. The van der Waals surface area contributed by atoms with E-state index in [0.717, 1.165) is 0 Å². The zero-order valence-electron chi connectivity index (χ0n) is 16.1. The Morgan fingerprint density at radius 2 is 1.86 bits per heavy atom. The van der Waals surface area contributed by atoms with E-state index in [4.69, 9.17) is 21.1 Å². The van der Waals surface area contributed by atoms with Gasteiger partial charge in [0.15, 0.2) is 22.5 Å². The fourth-order valence-electron chi connectivity index (χ4n) is 2.59. The number of nitrogens with one attached hydrogen (secondary N) is 1. The Kier molecular flexibility index (Phi) is 7.37. The van der Waals surface area contributed by atoms with E-state index in [2.05, 4.69) is 15.5 Å². The minimum atomic E-state index is -0.130. The molecule has 0 radical (unpaired) electrons. The maximum absolute atomic E-state index is 12.2. The maximum Gasteiger partial charge on any atom is 0.234 e. The minimum Gasteiger partial charge on any atom is -0.493 e. The maximum atomic E-state index is 12.2. The zero-order chi connectivity index (χ0) is 20.6. The van der Waals surface area contributed by atoms with Crippen LogP contribution in [0.3, 0.4) is 0 Å². The van der Waals surface area contributed by atoms with Gasteiger partial charge in [0.05, 0.1) is 12.9 Å². The van der Waals surface area contributed by atoms with Gasteiger partial charge in [-0.25, -0.2) is 0 Å². The SMILES string of the molecule is CCn1c(COc2ccccc2OC)nnc1SCC(=O)Nc1ccc(Cl)cc1. The second-order valence-electron chi connectivity index (χ2n) is 5.93. The number of anilines is 1. The van der Waals surface area contributed by atoms with Gasteiger partial charge in [0.1, 0.15) is 6.61 Å². The number of rotatable bonds is 9. The Morgan fingerprint density at radius 3 is 2.55 bits per heavy atom. The lowest BCUT2D eigenvalue weighted by Crippen LogP contribution is -2.14. The molecule has 1 aromatic heterocycles. The second kappa shape index (κ2) is 10.2. The summed E-state index contributed by atoms with van der Waals surface area (Å²) in [5, 5.41) is 12.5. The van der Waals surface area contributed by atoms with Crippen LogP contribution in [0.4, 0.5) is 5.69 Å². The first-order chi connectivity index (χ1) is 14.1. The fraction of sp³-hybridized carbons (Fsp3) is 0.250. The van der Waals surface area contributed by atoms with Crippen molar-refractivity contribution in [1.29, 1.82) is 0 Å². The zero-order valence-corrected chi connectivity index (χ0v) is 17.7. The highest BCUT2D eigenvalue weighted by Gasteiger charge is 2.14. The summed E-state index contributed by atoms with van der Waals surface area (Å²) in [4.78, 5) is 12.2. The lowest BCUT2D eigenvalue weighted by molar-refractivity contribution is -0.113. The molecule has 0 aliphatic carbocycles. The van der Waals surface area contributed by atoms with E-state index in [9.17, 15) is 4.79 Å². The first-order valence-corrected chi connectivity index (χ1v) is 10.3. The molecule has 9 heteroatoms. The second-order valence-corrected chi connectivity index (χ2v) is 7.31. The first kappa shape index (κ1) is 21.0. The lowest BCUT2D eigenvalue weighted by Gasteiger charge is -2.11. The van der Waals surface area contributed by atoms with Crippen molar-refractivity contribution in [1.82, 2.24) is 14.8 Å². The molecule has 0 saturated heterocycles. The van der Waals surface area contributed by atoms with E-state index in [-0.39, 0.29) is 18.3 Å². The summed E-state index contributed by atoms with van der Waals surface area (Å²) in [5.74, 6) is 2.06. The molecule has 0 spiro atoms. The molecular weight excluding hydrogens is 412 g/mol. The van der Waals surface area contributed by atoms with Gasteiger partial charge in [0, 0.05) is 17.3 Å². The highest BCUT2D eigenvalue weighted by molar-refractivity contribution is 7.99. The summed E-state index contributed by atoms with van der Waals surface area (Å²) in [5.41, 5.74) is 0.697. The van der Waals surface area contributed by atoms with E-state index in [1.165, 1.54) is 11.8 Å². The molecule has 152 valence electrons. The van der Waals surface area contributed by atoms with Gasteiger partial charge < -0.3 is 19.4 Å². The van der Waals surface area contributed by atoms with Crippen LogP contribution in [0.5, 0.6) is 11.5 Å². The number of aromatic nitrogens is 3. The van der Waals surface area contributed by atoms with Crippen molar-refractivity contribution in [2.24, 2.45) is 0 Å². The fourth-order valence-corrected chi connectivity index (χ4v) is 3.54. The number of hydrogen-bond acceptors (Lipinski definition) is 6. The molecule has 1 amide bonds. The molecular formula is C20H21ClN4O3S. The standard InChI is InChI=1S/C20H21ClN4O3S/c1-3-25-18(12-28-17-7-5-4-6-16(17)27-2)23-24-20(25)29-13-19(26)22-15-10-8-14(21)9-11-15/h4-11H,3,12-13H2,1-2H3,(H,22,26). The Bertz CT molecular complexity index is 963. The Balaban J connectivity index is 1.58. The summed E-state index contributed by atoms with van der Waals surface area (Å²) >= 11 is 7.18. The van der Waals surface area contributed by atoms with Crippen molar-refractivity contribution in [3.8, 4) is 11.5 Å². The number of ether oxygens (including phenoxy) is 2. The molecule has 2 aromatic carbocycles. The summed E-state index contributed by atoms with van der Waals surface area (Å²) in [6.07, 6.45) is 0. The lowest BCUT2D eigenvalue weighted by atomic mass is 10.3. The van der Waals surface area contributed by atoms with E-state index in [0.29, 0.717) is 39.7 Å². The van der Waals surface area contributed by atoms with Crippen LogP contribution in [0, 0.1) is 0 Å². The van der Waals surface area contributed by atoms with Crippen LogP contribution in [-0.2, 0) is 17.9 Å². The van der Waals surface area contributed by atoms with E-state index in [1.807, 2.05) is 35.8 Å². The molecule has 0 fully saturated rings. The van der Waals surface area contributed by atoms with Crippen molar-refractivity contribution in [2.45, 2.75) is 25.2 Å². The number of methoxy groups -OCH3 is 1. The number of carbonyl (C=O) groups is 1. The van der Waals surface area contributed by atoms with Crippen molar-refractivity contribution < 1.29 is 14.3 Å². The highest BCUT2D eigenvalue weighted by Crippen LogP contribution is 2.27. The Morgan fingerprint density at radius 1 is 1.14 bits per heavy atom. The van der Waals surface area contributed by atoms with Gasteiger partial charge in [-0.2, -0.15) is 0 Å². The monoisotopic (exact) mass is 432 g/mol. The summed E-state index contributed by atoms with van der Waals surface area (Å²) < 4.78 is 13.1. The van der Waals surface area contributed by atoms with Crippen molar-refractivity contribution in [2.75, 3.05) is 18.2 Å². The quantitative estimate of drug-likeness (QED) is 0.509. The normalized spacial score (nSPS) is 10.6. The summed E-state index contributed by atoms with van der Waals surface area (Å²) in [7, 11) is 1.60. The van der Waals surface area contributed by atoms with E-state index < -0.39 is 0 Å². The van der Waals surface area contributed by atoms with Crippen LogP contribution in [0.15, 0.2) is 53.7 Å². The molecule has 0 atom stereocenters. The van der Waals surface area contributed by atoms with Crippen LogP contribution < -0.4 is 14.8 Å². The smallest absolute Gasteiger partial charge is 0.234 e. The van der Waals surface area contributed by atoms with Crippen LogP contribution in [0.2, 0.25) is 5.02 Å². The number of halogens is 1. The number of hydrogen-bond donors (Lipinski definition) is 1. The largest absolute Gasteiger partial charge is 0.493 e. The molecule has 1 N–H and O–H groups in total. The number of benzene rings is 2. The number of carbonyl (C=O) groups excluding carboxylic acids is 1. The average Bonchev–Trinajstić information content (AvgIpc) is 3.14. The topological polar surface area (TPSA) is 78.3 Å². The third-order valence-corrected chi connectivity index (χ3v) is 5.21. The third kappa shape index (κ3) is 5.65. The van der Waals surface area contributed by atoms with Gasteiger partial charge in [-0.15, -0.1) is 10.2 Å². The number of para-hydroxylation sites is 2.